The second kappa shape index (κ2) is 5.72. The van der Waals surface area contributed by atoms with Gasteiger partial charge in [0.15, 0.2) is 6.61 Å². The van der Waals surface area contributed by atoms with Crippen LogP contribution in [0.2, 0.25) is 5.02 Å². The number of benzene rings is 1. The lowest BCUT2D eigenvalue weighted by Gasteiger charge is -2.17. The van der Waals surface area contributed by atoms with Crippen molar-refractivity contribution in [1.82, 2.24) is 5.48 Å². The Bertz CT molecular complexity index is 557. The minimum atomic E-state index is -4.51. The number of amides is 1. The minimum Gasteiger partial charge on any atom is -0.488 e. The van der Waals surface area contributed by atoms with Crippen LogP contribution in [0.15, 0.2) is 23.8 Å². The largest absolute Gasteiger partial charge is 0.488 e. The van der Waals surface area contributed by atoms with Crippen LogP contribution >= 0.6 is 11.6 Å². The molecule has 0 saturated carbocycles. The van der Waals surface area contributed by atoms with Crippen molar-refractivity contribution in [3.63, 3.8) is 0 Å². The van der Waals surface area contributed by atoms with Gasteiger partial charge in [-0.2, -0.15) is 13.2 Å². The predicted octanol–water partition coefficient (Wildman–Crippen LogP) is 2.73. The van der Waals surface area contributed by atoms with Crippen LogP contribution in [0.5, 0.6) is 5.75 Å². The number of hydroxylamine groups is 1. The van der Waals surface area contributed by atoms with Crippen LogP contribution in [0.4, 0.5) is 13.2 Å². The maximum atomic E-state index is 11.9. The molecule has 0 unspecified atom stereocenters. The molecule has 1 aromatic carbocycles. The highest BCUT2D eigenvalue weighted by Crippen LogP contribution is 2.28. The van der Waals surface area contributed by atoms with E-state index in [0.717, 1.165) is 0 Å². The van der Waals surface area contributed by atoms with E-state index in [1.165, 1.54) is 6.08 Å². The predicted molar refractivity (Wildman–Crippen MR) is 65.1 cm³/mol. The fraction of sp³-hybridized carbons (Fsp3) is 0.250. The number of halogens is 4. The van der Waals surface area contributed by atoms with Crippen molar-refractivity contribution in [2.24, 2.45) is 0 Å². The molecule has 0 aliphatic carbocycles. The molecule has 4 nitrogen and oxygen atoms in total. The molecule has 1 aliphatic rings. The summed E-state index contributed by atoms with van der Waals surface area (Å²) in [5.41, 5.74) is 2.43. The number of alkyl halides is 3. The number of carbonyl (C=O) groups is 1. The Hall–Kier alpha value is -1.73. The van der Waals surface area contributed by atoms with E-state index in [1.807, 2.05) is 0 Å². The van der Waals surface area contributed by atoms with Gasteiger partial charge in [0.05, 0.1) is 5.57 Å². The summed E-state index contributed by atoms with van der Waals surface area (Å²) in [5.74, 6) is -0.248. The van der Waals surface area contributed by atoms with E-state index in [2.05, 4.69) is 4.84 Å². The van der Waals surface area contributed by atoms with Crippen molar-refractivity contribution in [1.29, 1.82) is 0 Å². The quantitative estimate of drug-likeness (QED) is 0.874. The molecular formula is C12H9ClF3NO3. The second-order valence-electron chi connectivity index (χ2n) is 3.98. The Balaban J connectivity index is 2.01. The van der Waals surface area contributed by atoms with Gasteiger partial charge in [-0.1, -0.05) is 11.6 Å². The molecule has 0 saturated heterocycles. The summed E-state index contributed by atoms with van der Waals surface area (Å²) in [5, 5.41) is 0.457. The third kappa shape index (κ3) is 3.88. The Labute approximate surface area is 117 Å². The minimum absolute atomic E-state index is 0.0597. The first kappa shape index (κ1) is 14.7. The molecule has 0 fully saturated rings. The molecule has 1 aliphatic heterocycles. The summed E-state index contributed by atoms with van der Waals surface area (Å²) in [6, 6.07) is 4.86. The zero-order chi connectivity index (χ0) is 14.8. The van der Waals surface area contributed by atoms with Gasteiger partial charge in [-0.05, 0) is 24.3 Å². The molecular weight excluding hydrogens is 299 g/mol. The van der Waals surface area contributed by atoms with Crippen molar-refractivity contribution in [3.05, 3.63) is 34.4 Å². The summed E-state index contributed by atoms with van der Waals surface area (Å²) < 4.78 is 40.9. The van der Waals surface area contributed by atoms with E-state index in [1.54, 1.807) is 23.7 Å². The fourth-order valence-electron chi connectivity index (χ4n) is 1.53. The van der Waals surface area contributed by atoms with Crippen LogP contribution < -0.4 is 10.2 Å². The number of ether oxygens (including phenoxy) is 1. The zero-order valence-electron chi connectivity index (χ0n) is 9.96. The molecule has 0 aromatic heterocycles. The van der Waals surface area contributed by atoms with Crippen LogP contribution in [0.25, 0.3) is 6.08 Å². The van der Waals surface area contributed by atoms with E-state index in [9.17, 15) is 18.0 Å². The highest BCUT2D eigenvalue weighted by molar-refractivity contribution is 6.30. The third-order valence-electron chi connectivity index (χ3n) is 2.38. The van der Waals surface area contributed by atoms with Crippen LogP contribution in [-0.2, 0) is 9.63 Å². The molecule has 20 heavy (non-hydrogen) atoms. The van der Waals surface area contributed by atoms with Gasteiger partial charge in [0, 0.05) is 10.6 Å². The van der Waals surface area contributed by atoms with E-state index in [4.69, 9.17) is 16.3 Å². The van der Waals surface area contributed by atoms with Crippen molar-refractivity contribution in [2.75, 3.05) is 13.2 Å². The highest BCUT2D eigenvalue weighted by Gasteiger charge is 2.28. The number of hydrogen-bond donors (Lipinski definition) is 1. The standard InChI is InChI=1S/C12H9ClF3NO3/c13-9-1-2-10-7(4-9)3-8(5-19-10)11(18)17-20-6-12(14,15)16/h1-4H,5-6H2,(H,17,18). The van der Waals surface area contributed by atoms with Crippen LogP contribution in [0.1, 0.15) is 5.56 Å². The Morgan fingerprint density at radius 3 is 2.90 bits per heavy atom. The molecule has 0 atom stereocenters. The van der Waals surface area contributed by atoms with E-state index >= 15 is 0 Å². The molecule has 0 radical (unpaired) electrons. The van der Waals surface area contributed by atoms with Gasteiger partial charge in [0.25, 0.3) is 5.91 Å². The molecule has 2 rings (SSSR count). The van der Waals surface area contributed by atoms with Crippen LogP contribution in [-0.4, -0.2) is 25.3 Å². The van der Waals surface area contributed by atoms with Crippen molar-refractivity contribution in [3.8, 4) is 5.75 Å². The smallest absolute Gasteiger partial charge is 0.414 e. The number of carbonyl (C=O) groups excluding carboxylic acids is 1. The third-order valence-corrected chi connectivity index (χ3v) is 2.61. The lowest BCUT2D eigenvalue weighted by Crippen LogP contribution is -2.32. The maximum absolute atomic E-state index is 11.9. The highest BCUT2D eigenvalue weighted by atomic mass is 35.5. The Morgan fingerprint density at radius 2 is 2.20 bits per heavy atom. The number of hydrogen-bond acceptors (Lipinski definition) is 3. The summed E-state index contributed by atoms with van der Waals surface area (Å²) in [6.07, 6.45) is -3.03. The number of fused-ring (bicyclic) bond motifs is 1. The second-order valence-corrected chi connectivity index (χ2v) is 4.41. The molecule has 1 heterocycles. The SMILES string of the molecule is O=C(NOCC(F)(F)F)C1=Cc2cc(Cl)ccc2OC1. The summed E-state index contributed by atoms with van der Waals surface area (Å²) in [7, 11) is 0. The normalized spacial score (nSPS) is 14.1. The molecule has 0 bridgehead atoms. The summed E-state index contributed by atoms with van der Waals surface area (Å²) in [4.78, 5) is 15.7. The Kier molecular flexibility index (Phi) is 4.20. The topological polar surface area (TPSA) is 47.6 Å². The van der Waals surface area contributed by atoms with Crippen molar-refractivity contribution < 1.29 is 27.5 Å². The van der Waals surface area contributed by atoms with Gasteiger partial charge in [0.2, 0.25) is 0 Å². The maximum Gasteiger partial charge on any atom is 0.414 e. The fourth-order valence-corrected chi connectivity index (χ4v) is 1.71. The van der Waals surface area contributed by atoms with Crippen molar-refractivity contribution in [2.45, 2.75) is 6.18 Å². The first-order chi connectivity index (χ1) is 9.35. The van der Waals surface area contributed by atoms with E-state index < -0.39 is 18.7 Å². The number of nitrogens with one attached hydrogen (secondary N) is 1. The van der Waals surface area contributed by atoms with Gasteiger partial charge in [-0.3, -0.25) is 9.63 Å². The van der Waals surface area contributed by atoms with E-state index in [0.29, 0.717) is 16.3 Å². The molecule has 8 heteroatoms. The van der Waals surface area contributed by atoms with Gasteiger partial charge in [0.1, 0.15) is 12.4 Å². The van der Waals surface area contributed by atoms with Gasteiger partial charge in [-0.15, -0.1) is 0 Å². The van der Waals surface area contributed by atoms with Crippen LogP contribution in [0.3, 0.4) is 0 Å². The molecule has 0 spiro atoms. The molecule has 1 amide bonds. The Morgan fingerprint density at radius 1 is 1.45 bits per heavy atom. The molecule has 108 valence electrons. The van der Waals surface area contributed by atoms with Gasteiger partial charge < -0.3 is 4.74 Å². The van der Waals surface area contributed by atoms with Gasteiger partial charge in [-0.25, -0.2) is 5.48 Å². The van der Waals surface area contributed by atoms with Crippen molar-refractivity contribution >= 4 is 23.6 Å². The van der Waals surface area contributed by atoms with Gasteiger partial charge >= 0.3 is 6.18 Å². The monoisotopic (exact) mass is 307 g/mol. The first-order valence-corrected chi connectivity index (χ1v) is 5.85. The number of rotatable bonds is 3. The lowest BCUT2D eigenvalue weighted by molar-refractivity contribution is -0.190. The average Bonchev–Trinajstić information content (AvgIpc) is 2.36. The molecule has 1 N–H and O–H groups in total. The summed E-state index contributed by atoms with van der Waals surface area (Å²) in [6.45, 7) is -1.62. The van der Waals surface area contributed by atoms with Crippen LogP contribution in [0, 0.1) is 0 Å². The molecule has 1 aromatic rings. The average molecular weight is 308 g/mol. The first-order valence-electron chi connectivity index (χ1n) is 5.47. The summed E-state index contributed by atoms with van der Waals surface area (Å²) >= 11 is 5.80. The lowest BCUT2D eigenvalue weighted by atomic mass is 10.1. The zero-order valence-corrected chi connectivity index (χ0v) is 10.7. The van der Waals surface area contributed by atoms with E-state index in [-0.39, 0.29) is 12.2 Å².